The van der Waals surface area contributed by atoms with Crippen molar-refractivity contribution >= 4 is 5.69 Å². The molecule has 0 bridgehead atoms. The first kappa shape index (κ1) is 14.9. The minimum atomic E-state index is 0.636. The standard InChI is InChI=1S/C18H29N3/c1-2-20-12-5-6-16(10-13-20)21-14-15(9-11-19)17-7-3-4-8-18(17)21/h3-4,7-8,15-16H,2,5-6,9-14,19H2,1H3. The van der Waals surface area contributed by atoms with Crippen LogP contribution in [-0.2, 0) is 0 Å². The zero-order valence-corrected chi connectivity index (χ0v) is 13.3. The van der Waals surface area contributed by atoms with Gasteiger partial charge >= 0.3 is 0 Å². The molecule has 0 radical (unpaired) electrons. The van der Waals surface area contributed by atoms with E-state index >= 15 is 0 Å². The molecule has 1 saturated heterocycles. The molecule has 3 heteroatoms. The van der Waals surface area contributed by atoms with Crippen LogP contribution in [0.4, 0.5) is 5.69 Å². The number of hydrogen-bond acceptors (Lipinski definition) is 3. The van der Waals surface area contributed by atoms with E-state index in [1.54, 1.807) is 0 Å². The van der Waals surface area contributed by atoms with Crippen molar-refractivity contribution in [1.82, 2.24) is 4.90 Å². The fourth-order valence-electron chi connectivity index (χ4n) is 4.09. The average Bonchev–Trinajstić information content (AvgIpc) is 2.72. The number of para-hydroxylation sites is 1. The highest BCUT2D eigenvalue weighted by molar-refractivity contribution is 5.61. The summed E-state index contributed by atoms with van der Waals surface area (Å²) in [6.07, 6.45) is 5.08. The Morgan fingerprint density at radius 3 is 2.86 bits per heavy atom. The van der Waals surface area contributed by atoms with Crippen molar-refractivity contribution in [2.75, 3.05) is 37.6 Å². The molecule has 2 aliphatic rings. The minimum Gasteiger partial charge on any atom is -0.368 e. The van der Waals surface area contributed by atoms with Crippen molar-refractivity contribution in [3.8, 4) is 0 Å². The molecule has 2 N–H and O–H groups in total. The average molecular weight is 287 g/mol. The third kappa shape index (κ3) is 3.09. The largest absolute Gasteiger partial charge is 0.368 e. The van der Waals surface area contributed by atoms with E-state index in [0.717, 1.165) is 13.0 Å². The second kappa shape index (κ2) is 6.80. The van der Waals surface area contributed by atoms with Crippen LogP contribution in [0.25, 0.3) is 0 Å². The molecule has 0 saturated carbocycles. The first-order valence-corrected chi connectivity index (χ1v) is 8.61. The zero-order valence-electron chi connectivity index (χ0n) is 13.3. The van der Waals surface area contributed by atoms with Crippen LogP contribution in [0.1, 0.15) is 44.1 Å². The summed E-state index contributed by atoms with van der Waals surface area (Å²) in [4.78, 5) is 5.29. The number of anilines is 1. The Morgan fingerprint density at radius 1 is 1.19 bits per heavy atom. The van der Waals surface area contributed by atoms with Crippen molar-refractivity contribution in [3.63, 3.8) is 0 Å². The second-order valence-corrected chi connectivity index (χ2v) is 6.50. The molecule has 21 heavy (non-hydrogen) atoms. The van der Waals surface area contributed by atoms with Crippen LogP contribution in [0, 0.1) is 0 Å². The van der Waals surface area contributed by atoms with E-state index in [9.17, 15) is 0 Å². The summed E-state index contributed by atoms with van der Waals surface area (Å²) in [7, 11) is 0. The topological polar surface area (TPSA) is 32.5 Å². The van der Waals surface area contributed by atoms with Gasteiger partial charge in [0.25, 0.3) is 0 Å². The predicted octanol–water partition coefficient (Wildman–Crippen LogP) is 2.81. The van der Waals surface area contributed by atoms with Crippen LogP contribution in [-0.4, -0.2) is 43.7 Å². The van der Waals surface area contributed by atoms with Crippen LogP contribution in [0.5, 0.6) is 0 Å². The first-order valence-electron chi connectivity index (χ1n) is 8.61. The van der Waals surface area contributed by atoms with Gasteiger partial charge in [-0.1, -0.05) is 25.1 Å². The molecule has 3 nitrogen and oxygen atoms in total. The van der Waals surface area contributed by atoms with E-state index in [0.29, 0.717) is 12.0 Å². The third-order valence-corrected chi connectivity index (χ3v) is 5.30. The summed E-state index contributed by atoms with van der Waals surface area (Å²) >= 11 is 0. The molecule has 2 heterocycles. The Bertz CT molecular complexity index is 460. The maximum atomic E-state index is 5.83. The smallest absolute Gasteiger partial charge is 0.0405 e. The van der Waals surface area contributed by atoms with Gasteiger partial charge in [0, 0.05) is 30.7 Å². The van der Waals surface area contributed by atoms with Gasteiger partial charge in [0.05, 0.1) is 0 Å². The molecule has 1 aromatic rings. The van der Waals surface area contributed by atoms with Crippen LogP contribution >= 0.6 is 0 Å². The van der Waals surface area contributed by atoms with Crippen molar-refractivity contribution in [2.24, 2.45) is 5.73 Å². The zero-order chi connectivity index (χ0) is 14.7. The van der Waals surface area contributed by atoms with Gasteiger partial charge in [0.2, 0.25) is 0 Å². The lowest BCUT2D eigenvalue weighted by atomic mass is 9.98. The van der Waals surface area contributed by atoms with Gasteiger partial charge in [-0.15, -0.1) is 0 Å². The first-order chi connectivity index (χ1) is 10.3. The van der Waals surface area contributed by atoms with Crippen LogP contribution in [0.2, 0.25) is 0 Å². The molecule has 0 spiro atoms. The number of nitrogens with zero attached hydrogens (tertiary/aromatic N) is 2. The van der Waals surface area contributed by atoms with Crippen LogP contribution in [0.15, 0.2) is 24.3 Å². The number of rotatable bonds is 4. The van der Waals surface area contributed by atoms with E-state index in [1.807, 2.05) is 0 Å². The lowest BCUT2D eigenvalue weighted by Gasteiger charge is -2.30. The highest BCUT2D eigenvalue weighted by Gasteiger charge is 2.32. The number of hydrogen-bond donors (Lipinski definition) is 1. The van der Waals surface area contributed by atoms with Gasteiger partial charge in [-0.2, -0.15) is 0 Å². The molecule has 0 aromatic heterocycles. The van der Waals surface area contributed by atoms with E-state index in [-0.39, 0.29) is 0 Å². The SMILES string of the molecule is CCN1CCCC(N2CC(CCN)c3ccccc32)CC1. The molecule has 2 aliphatic heterocycles. The molecule has 2 unspecified atom stereocenters. The summed E-state index contributed by atoms with van der Waals surface area (Å²) in [5, 5.41) is 0. The number of benzene rings is 1. The maximum Gasteiger partial charge on any atom is 0.0405 e. The van der Waals surface area contributed by atoms with Gasteiger partial charge in [-0.3, -0.25) is 0 Å². The van der Waals surface area contributed by atoms with Crippen molar-refractivity contribution in [3.05, 3.63) is 29.8 Å². The molecule has 1 fully saturated rings. The summed E-state index contributed by atoms with van der Waals surface area (Å²) in [6, 6.07) is 9.70. The molecular formula is C18H29N3. The molecular weight excluding hydrogens is 258 g/mol. The lowest BCUT2D eigenvalue weighted by Crippen LogP contribution is -2.35. The monoisotopic (exact) mass is 287 g/mol. The molecule has 116 valence electrons. The summed E-state index contributed by atoms with van der Waals surface area (Å²) in [6.45, 7) is 7.96. The fraction of sp³-hybridized carbons (Fsp3) is 0.667. The van der Waals surface area contributed by atoms with Crippen molar-refractivity contribution in [2.45, 2.75) is 44.6 Å². The molecule has 2 atom stereocenters. The quantitative estimate of drug-likeness (QED) is 0.924. The van der Waals surface area contributed by atoms with Gasteiger partial charge in [0.15, 0.2) is 0 Å². The molecule has 0 aliphatic carbocycles. The molecule has 0 amide bonds. The van der Waals surface area contributed by atoms with Gasteiger partial charge < -0.3 is 15.5 Å². The highest BCUT2D eigenvalue weighted by Crippen LogP contribution is 2.40. The minimum absolute atomic E-state index is 0.636. The van der Waals surface area contributed by atoms with Crippen molar-refractivity contribution < 1.29 is 0 Å². The van der Waals surface area contributed by atoms with Crippen molar-refractivity contribution in [1.29, 1.82) is 0 Å². The summed E-state index contributed by atoms with van der Waals surface area (Å²) in [5.74, 6) is 0.636. The maximum absolute atomic E-state index is 5.83. The third-order valence-electron chi connectivity index (χ3n) is 5.30. The Morgan fingerprint density at radius 2 is 2.05 bits per heavy atom. The summed E-state index contributed by atoms with van der Waals surface area (Å²) < 4.78 is 0. The van der Waals surface area contributed by atoms with E-state index in [1.165, 1.54) is 56.7 Å². The van der Waals surface area contributed by atoms with Gasteiger partial charge in [0.1, 0.15) is 0 Å². The Balaban J connectivity index is 1.76. The highest BCUT2D eigenvalue weighted by atomic mass is 15.2. The fourth-order valence-corrected chi connectivity index (χ4v) is 4.09. The number of fused-ring (bicyclic) bond motifs is 1. The summed E-state index contributed by atoms with van der Waals surface area (Å²) in [5.41, 5.74) is 8.83. The van der Waals surface area contributed by atoms with Crippen LogP contribution < -0.4 is 10.6 Å². The van der Waals surface area contributed by atoms with E-state index in [2.05, 4.69) is 41.0 Å². The lowest BCUT2D eigenvalue weighted by molar-refractivity contribution is 0.299. The second-order valence-electron chi connectivity index (χ2n) is 6.50. The number of nitrogens with two attached hydrogens (primary N) is 1. The number of likely N-dealkylation sites (tertiary alicyclic amines) is 1. The normalized spacial score (nSPS) is 26.7. The van der Waals surface area contributed by atoms with Gasteiger partial charge in [-0.25, -0.2) is 0 Å². The Labute approximate surface area is 129 Å². The molecule has 3 rings (SSSR count). The Kier molecular flexibility index (Phi) is 4.81. The predicted molar refractivity (Wildman–Crippen MR) is 90.0 cm³/mol. The Hall–Kier alpha value is -1.06. The molecule has 1 aromatic carbocycles. The van der Waals surface area contributed by atoms with E-state index < -0.39 is 0 Å². The van der Waals surface area contributed by atoms with Gasteiger partial charge in [-0.05, 0) is 56.9 Å². The van der Waals surface area contributed by atoms with Crippen LogP contribution in [0.3, 0.4) is 0 Å². The van der Waals surface area contributed by atoms with E-state index in [4.69, 9.17) is 5.73 Å².